The highest BCUT2D eigenvalue weighted by molar-refractivity contribution is 6.23. The van der Waals surface area contributed by atoms with Crippen LogP contribution in [0.5, 0.6) is 0 Å². The van der Waals surface area contributed by atoms with E-state index in [-0.39, 0.29) is 0 Å². The van der Waals surface area contributed by atoms with Crippen LogP contribution in [0.4, 0.5) is 22.7 Å². The molecule has 0 aliphatic rings. The molecular weight excluding hydrogens is 416 g/mol. The summed E-state index contributed by atoms with van der Waals surface area (Å²) >= 11 is 0. The summed E-state index contributed by atoms with van der Waals surface area (Å²) in [6.45, 7) is 0. The molecule has 4 nitrogen and oxygen atoms in total. The van der Waals surface area contributed by atoms with Gasteiger partial charge in [-0.3, -0.25) is 0 Å². The minimum atomic E-state index is 0.738. The zero-order chi connectivity index (χ0) is 23.1. The molecule has 0 radical (unpaired) electrons. The first-order valence-corrected chi connectivity index (χ1v) is 11.3. The Bertz CT molecular complexity index is 1700. The van der Waals surface area contributed by atoms with Gasteiger partial charge in [0.2, 0.25) is 0 Å². The van der Waals surface area contributed by atoms with Crippen LogP contribution in [0.2, 0.25) is 0 Å². The van der Waals surface area contributed by atoms with E-state index in [1.54, 1.807) is 0 Å². The lowest BCUT2D eigenvalue weighted by Crippen LogP contribution is -1.99. The number of fused-ring (bicyclic) bond motifs is 4. The Hall–Kier alpha value is -4.70. The Morgan fingerprint density at radius 3 is 0.971 bits per heavy atom. The Morgan fingerprint density at radius 2 is 0.647 bits per heavy atom. The molecule has 0 amide bonds. The first-order valence-electron chi connectivity index (χ1n) is 11.3. The van der Waals surface area contributed by atoms with Crippen molar-refractivity contribution >= 4 is 65.8 Å². The highest BCUT2D eigenvalue weighted by Crippen LogP contribution is 2.44. The minimum absolute atomic E-state index is 0.738. The van der Waals surface area contributed by atoms with E-state index in [9.17, 15) is 0 Å². The third-order valence-electron chi connectivity index (χ3n) is 7.23. The van der Waals surface area contributed by atoms with Crippen molar-refractivity contribution in [2.45, 2.75) is 0 Å². The standard InChI is InChI=1S/C30H22N4/c31-23-13-21(29(33)27-19-9-5-17(6-10-19)25(23)27)15-1-2-16(4-3-15)22-14-24(32)26-18-7-11-20(12-8-18)28(26)30(22)34/h1-14H,31-34H2. The maximum atomic E-state index is 6.68. The van der Waals surface area contributed by atoms with Gasteiger partial charge in [-0.15, -0.1) is 0 Å². The van der Waals surface area contributed by atoms with E-state index in [0.29, 0.717) is 0 Å². The molecule has 0 unspecified atom stereocenters. The van der Waals surface area contributed by atoms with Crippen LogP contribution in [0.15, 0.2) is 84.9 Å². The second kappa shape index (κ2) is 6.42. The molecule has 0 aromatic heterocycles. The lowest BCUT2D eigenvalue weighted by atomic mass is 9.90. The Balaban J connectivity index is 1.39. The van der Waals surface area contributed by atoms with Crippen LogP contribution in [0, 0.1) is 0 Å². The molecule has 0 aliphatic carbocycles. The summed E-state index contributed by atoms with van der Waals surface area (Å²) in [6, 6.07) is 29.0. The predicted molar refractivity (Wildman–Crippen MR) is 147 cm³/mol. The second-order valence-electron chi connectivity index (χ2n) is 9.09. The molecular formula is C30H22N4. The fourth-order valence-electron chi connectivity index (χ4n) is 5.57. The number of hydrogen-bond acceptors (Lipinski definition) is 4. The van der Waals surface area contributed by atoms with E-state index >= 15 is 0 Å². The summed E-state index contributed by atoms with van der Waals surface area (Å²) in [5, 5.41) is 8.51. The van der Waals surface area contributed by atoms with Crippen LogP contribution in [-0.4, -0.2) is 0 Å². The molecule has 0 fully saturated rings. The zero-order valence-electron chi connectivity index (χ0n) is 18.4. The largest absolute Gasteiger partial charge is 0.398 e. The van der Waals surface area contributed by atoms with Crippen LogP contribution in [-0.2, 0) is 0 Å². The molecule has 4 bridgehead atoms. The summed E-state index contributed by atoms with van der Waals surface area (Å²) < 4.78 is 0. The predicted octanol–water partition coefficient (Wildman–Crippen LogP) is 6.84. The Kier molecular flexibility index (Phi) is 3.56. The van der Waals surface area contributed by atoms with Gasteiger partial charge in [0.05, 0.1) is 0 Å². The van der Waals surface area contributed by atoms with Gasteiger partial charge in [0, 0.05) is 55.4 Å². The first-order chi connectivity index (χ1) is 16.5. The van der Waals surface area contributed by atoms with Gasteiger partial charge in [-0.2, -0.15) is 0 Å². The number of benzene rings is 9. The summed E-state index contributed by atoms with van der Waals surface area (Å²) in [6.07, 6.45) is 0. The third-order valence-corrected chi connectivity index (χ3v) is 7.23. The highest BCUT2D eigenvalue weighted by Gasteiger charge is 2.17. The number of anilines is 4. The van der Waals surface area contributed by atoms with Crippen LogP contribution >= 0.6 is 0 Å². The quantitative estimate of drug-likeness (QED) is 0.222. The maximum Gasteiger partial charge on any atom is 0.0481 e. The van der Waals surface area contributed by atoms with Gasteiger partial charge in [-0.05, 0) is 44.8 Å². The molecule has 0 saturated heterocycles. The van der Waals surface area contributed by atoms with Crippen LogP contribution < -0.4 is 22.9 Å². The molecule has 9 rings (SSSR count). The van der Waals surface area contributed by atoms with Crippen molar-refractivity contribution in [1.29, 1.82) is 0 Å². The van der Waals surface area contributed by atoms with E-state index < -0.39 is 0 Å². The highest BCUT2D eigenvalue weighted by atomic mass is 14.6. The van der Waals surface area contributed by atoms with Crippen LogP contribution in [0.1, 0.15) is 0 Å². The molecule has 0 atom stereocenters. The van der Waals surface area contributed by atoms with Gasteiger partial charge < -0.3 is 22.9 Å². The summed E-state index contributed by atoms with van der Waals surface area (Å²) in [7, 11) is 0. The van der Waals surface area contributed by atoms with E-state index in [1.807, 2.05) is 12.1 Å². The SMILES string of the molecule is Nc1cc(-c2ccc(-c3cc(N)c4c5ccc(cc5)c4c3N)cc2)c(N)c2c3ccc(cc3)c12. The number of nitrogen functional groups attached to an aromatic ring is 4. The number of rotatable bonds is 2. The molecule has 0 heterocycles. The molecule has 4 heteroatoms. The summed E-state index contributed by atoms with van der Waals surface area (Å²) in [4.78, 5) is 0. The van der Waals surface area contributed by atoms with Crippen molar-refractivity contribution < 1.29 is 0 Å². The lowest BCUT2D eigenvalue weighted by molar-refractivity contribution is 1.61. The molecule has 8 N–H and O–H groups in total. The Labute approximate surface area is 196 Å². The van der Waals surface area contributed by atoms with Gasteiger partial charge >= 0.3 is 0 Å². The van der Waals surface area contributed by atoms with Crippen LogP contribution in [0.25, 0.3) is 65.3 Å². The molecule has 9 aromatic carbocycles. The van der Waals surface area contributed by atoms with Gasteiger partial charge in [0.25, 0.3) is 0 Å². The molecule has 0 aliphatic heterocycles. The smallest absolute Gasteiger partial charge is 0.0481 e. The van der Waals surface area contributed by atoms with Crippen molar-refractivity contribution in [2.75, 3.05) is 22.9 Å². The van der Waals surface area contributed by atoms with E-state index in [0.717, 1.165) is 88.1 Å². The summed E-state index contributed by atoms with van der Waals surface area (Å²) in [5.74, 6) is 0. The van der Waals surface area contributed by atoms with Gasteiger partial charge in [0.15, 0.2) is 0 Å². The molecule has 9 aromatic rings. The average Bonchev–Trinajstić information content (AvgIpc) is 2.89. The van der Waals surface area contributed by atoms with E-state index in [4.69, 9.17) is 22.9 Å². The van der Waals surface area contributed by atoms with Gasteiger partial charge in [0.1, 0.15) is 0 Å². The zero-order valence-corrected chi connectivity index (χ0v) is 18.4. The fraction of sp³-hybridized carbons (Fsp3) is 0. The van der Waals surface area contributed by atoms with Crippen molar-refractivity contribution in [3.05, 3.63) is 84.9 Å². The topological polar surface area (TPSA) is 104 Å². The maximum absolute atomic E-state index is 6.68. The Morgan fingerprint density at radius 1 is 0.353 bits per heavy atom. The number of nitrogens with two attached hydrogens (primary N) is 4. The average molecular weight is 439 g/mol. The molecule has 34 heavy (non-hydrogen) atoms. The lowest BCUT2D eigenvalue weighted by Gasteiger charge is -2.17. The fourth-order valence-corrected chi connectivity index (χ4v) is 5.57. The van der Waals surface area contributed by atoms with Crippen LogP contribution in [0.3, 0.4) is 0 Å². The molecule has 0 spiro atoms. The molecule has 0 saturated carbocycles. The first kappa shape index (κ1) is 18.8. The van der Waals surface area contributed by atoms with Crippen molar-refractivity contribution in [3.8, 4) is 22.3 Å². The van der Waals surface area contributed by atoms with Gasteiger partial charge in [-0.25, -0.2) is 0 Å². The van der Waals surface area contributed by atoms with Crippen molar-refractivity contribution in [1.82, 2.24) is 0 Å². The van der Waals surface area contributed by atoms with E-state index in [1.165, 1.54) is 0 Å². The minimum Gasteiger partial charge on any atom is -0.398 e. The third kappa shape index (κ3) is 2.37. The monoisotopic (exact) mass is 438 g/mol. The molecule has 162 valence electrons. The normalized spacial score (nSPS) is 12.0. The van der Waals surface area contributed by atoms with Gasteiger partial charge in [-0.1, -0.05) is 72.8 Å². The second-order valence-corrected chi connectivity index (χ2v) is 9.09. The van der Waals surface area contributed by atoms with Crippen molar-refractivity contribution in [2.24, 2.45) is 0 Å². The van der Waals surface area contributed by atoms with Crippen molar-refractivity contribution in [3.63, 3.8) is 0 Å². The van der Waals surface area contributed by atoms with E-state index in [2.05, 4.69) is 72.8 Å². The summed E-state index contributed by atoms with van der Waals surface area (Å²) in [5.41, 5.74) is 33.2. The number of hydrogen-bond donors (Lipinski definition) is 4.